The quantitative estimate of drug-likeness (QED) is 0.687. The topological polar surface area (TPSA) is 53.1 Å². The van der Waals surface area contributed by atoms with Gasteiger partial charge in [0.05, 0.1) is 6.10 Å². The van der Waals surface area contributed by atoms with Gasteiger partial charge in [0.25, 0.3) is 5.56 Å². The first-order chi connectivity index (χ1) is 6.74. The molecule has 1 aromatic rings. The lowest BCUT2D eigenvalue weighted by molar-refractivity contribution is 0.179. The maximum absolute atomic E-state index is 11.4. The fourth-order valence-corrected chi connectivity index (χ4v) is 2.05. The minimum atomic E-state index is -0.470. The largest absolute Gasteiger partial charge is 0.388 e. The fraction of sp³-hybridized carbons (Fsp3) is 0.364. The number of pyridine rings is 1. The second kappa shape index (κ2) is 3.42. The van der Waals surface area contributed by atoms with Crippen LogP contribution in [0, 0.1) is 0 Å². The minimum Gasteiger partial charge on any atom is -0.388 e. The van der Waals surface area contributed by atoms with E-state index in [9.17, 15) is 9.90 Å². The zero-order chi connectivity index (χ0) is 10.1. The van der Waals surface area contributed by atoms with E-state index in [2.05, 4.69) is 11.6 Å². The number of fused-ring (bicyclic) bond motifs is 1. The summed E-state index contributed by atoms with van der Waals surface area (Å²) in [5, 5.41) is 9.73. The van der Waals surface area contributed by atoms with Crippen LogP contribution in [0.25, 0.3) is 0 Å². The molecule has 0 saturated heterocycles. The zero-order valence-electron chi connectivity index (χ0n) is 7.92. The van der Waals surface area contributed by atoms with Crippen LogP contribution in [0.5, 0.6) is 0 Å². The van der Waals surface area contributed by atoms with Gasteiger partial charge in [0.1, 0.15) is 0 Å². The van der Waals surface area contributed by atoms with Gasteiger partial charge in [-0.3, -0.25) is 4.79 Å². The van der Waals surface area contributed by atoms with Gasteiger partial charge >= 0.3 is 0 Å². The van der Waals surface area contributed by atoms with Crippen LogP contribution in [0.3, 0.4) is 0 Å². The van der Waals surface area contributed by atoms with Crippen LogP contribution in [0.15, 0.2) is 23.6 Å². The number of nitrogens with one attached hydrogen (secondary N) is 1. The van der Waals surface area contributed by atoms with E-state index in [0.717, 1.165) is 16.7 Å². The van der Waals surface area contributed by atoms with Gasteiger partial charge in [-0.25, -0.2) is 0 Å². The van der Waals surface area contributed by atoms with E-state index < -0.39 is 6.10 Å². The van der Waals surface area contributed by atoms with Crippen LogP contribution < -0.4 is 5.56 Å². The Kier molecular flexibility index (Phi) is 2.25. The number of aliphatic hydroxyl groups is 1. The third-order valence-electron chi connectivity index (χ3n) is 2.69. The molecular weight excluding hydrogens is 178 g/mol. The van der Waals surface area contributed by atoms with Gasteiger partial charge in [-0.05, 0) is 30.4 Å². The van der Waals surface area contributed by atoms with Crippen LogP contribution in [-0.2, 0) is 12.8 Å². The Morgan fingerprint density at radius 3 is 3.21 bits per heavy atom. The predicted molar refractivity (Wildman–Crippen MR) is 54.2 cm³/mol. The lowest BCUT2D eigenvalue weighted by atomic mass is 10.0. The van der Waals surface area contributed by atoms with Crippen molar-refractivity contribution in [2.45, 2.75) is 25.4 Å². The van der Waals surface area contributed by atoms with Gasteiger partial charge in [0, 0.05) is 11.8 Å². The molecule has 0 bridgehead atoms. The predicted octanol–water partition coefficient (Wildman–Crippen LogP) is 1.08. The fourth-order valence-electron chi connectivity index (χ4n) is 2.05. The second-order valence-corrected chi connectivity index (χ2v) is 3.58. The van der Waals surface area contributed by atoms with Gasteiger partial charge in [-0.15, -0.1) is 6.58 Å². The zero-order valence-corrected chi connectivity index (χ0v) is 7.92. The highest BCUT2D eigenvalue weighted by molar-refractivity contribution is 5.38. The van der Waals surface area contributed by atoms with Crippen molar-refractivity contribution in [2.75, 3.05) is 0 Å². The average Bonchev–Trinajstić information content (AvgIpc) is 2.55. The SMILES string of the molecule is C=CCc1c[nH]c(=O)c2c1C(O)CC2. The summed E-state index contributed by atoms with van der Waals surface area (Å²) in [5.41, 5.74) is 2.49. The Bertz CT molecular complexity index is 420. The summed E-state index contributed by atoms with van der Waals surface area (Å²) in [4.78, 5) is 14.1. The summed E-state index contributed by atoms with van der Waals surface area (Å²) in [7, 11) is 0. The van der Waals surface area contributed by atoms with Gasteiger partial charge < -0.3 is 10.1 Å². The first kappa shape index (κ1) is 9.21. The smallest absolute Gasteiger partial charge is 0.251 e. The van der Waals surface area contributed by atoms with Crippen LogP contribution in [-0.4, -0.2) is 10.1 Å². The third-order valence-corrected chi connectivity index (χ3v) is 2.69. The molecular formula is C11H13NO2. The number of aromatic amines is 1. The van der Waals surface area contributed by atoms with Crippen LogP contribution in [0.1, 0.15) is 29.2 Å². The molecule has 0 aliphatic heterocycles. The Labute approximate surface area is 82.1 Å². The van der Waals surface area contributed by atoms with Crippen molar-refractivity contribution in [1.29, 1.82) is 0 Å². The molecule has 1 unspecified atom stereocenters. The number of aliphatic hydroxyl groups excluding tert-OH is 1. The molecule has 0 fully saturated rings. The molecule has 74 valence electrons. The Hall–Kier alpha value is -1.35. The van der Waals surface area contributed by atoms with Crippen molar-refractivity contribution in [1.82, 2.24) is 4.98 Å². The lowest BCUT2D eigenvalue weighted by Crippen LogP contribution is -2.14. The summed E-state index contributed by atoms with van der Waals surface area (Å²) in [6.07, 6.45) is 5.01. The molecule has 1 atom stereocenters. The van der Waals surface area contributed by atoms with Crippen LogP contribution >= 0.6 is 0 Å². The molecule has 1 aliphatic carbocycles. The second-order valence-electron chi connectivity index (χ2n) is 3.58. The molecule has 0 saturated carbocycles. The molecule has 1 heterocycles. The van der Waals surface area contributed by atoms with Crippen LogP contribution in [0.4, 0.5) is 0 Å². The maximum atomic E-state index is 11.4. The molecule has 1 aliphatic rings. The first-order valence-electron chi connectivity index (χ1n) is 4.76. The van der Waals surface area contributed by atoms with Crippen molar-refractivity contribution in [3.8, 4) is 0 Å². The molecule has 0 spiro atoms. The average molecular weight is 191 g/mol. The maximum Gasteiger partial charge on any atom is 0.251 e. The van der Waals surface area contributed by atoms with Crippen LogP contribution in [0.2, 0.25) is 0 Å². The molecule has 2 rings (SSSR count). The third kappa shape index (κ3) is 1.30. The summed E-state index contributed by atoms with van der Waals surface area (Å²) in [5.74, 6) is 0. The number of hydrogen-bond donors (Lipinski definition) is 2. The molecule has 0 radical (unpaired) electrons. The Morgan fingerprint density at radius 1 is 1.71 bits per heavy atom. The number of hydrogen-bond acceptors (Lipinski definition) is 2. The molecule has 2 N–H and O–H groups in total. The lowest BCUT2D eigenvalue weighted by Gasteiger charge is -2.08. The number of H-pyrrole nitrogens is 1. The summed E-state index contributed by atoms with van der Waals surface area (Å²) in [6.45, 7) is 3.66. The van der Waals surface area contributed by atoms with Gasteiger partial charge in [0.2, 0.25) is 0 Å². The summed E-state index contributed by atoms with van der Waals surface area (Å²) in [6, 6.07) is 0. The summed E-state index contributed by atoms with van der Waals surface area (Å²) < 4.78 is 0. The van der Waals surface area contributed by atoms with E-state index in [1.54, 1.807) is 12.3 Å². The highest BCUT2D eigenvalue weighted by Crippen LogP contribution is 2.31. The molecule has 3 heteroatoms. The first-order valence-corrected chi connectivity index (χ1v) is 4.76. The number of rotatable bonds is 2. The van der Waals surface area contributed by atoms with E-state index in [1.807, 2.05) is 0 Å². The van der Waals surface area contributed by atoms with E-state index in [1.165, 1.54) is 0 Å². The van der Waals surface area contributed by atoms with Gasteiger partial charge in [0.15, 0.2) is 0 Å². The van der Waals surface area contributed by atoms with Gasteiger partial charge in [-0.2, -0.15) is 0 Å². The highest BCUT2D eigenvalue weighted by Gasteiger charge is 2.25. The van der Waals surface area contributed by atoms with Gasteiger partial charge in [-0.1, -0.05) is 6.08 Å². The van der Waals surface area contributed by atoms with E-state index in [-0.39, 0.29) is 5.56 Å². The number of allylic oxidation sites excluding steroid dienone is 1. The molecule has 1 aromatic heterocycles. The highest BCUT2D eigenvalue weighted by atomic mass is 16.3. The molecule has 0 amide bonds. The van der Waals surface area contributed by atoms with Crippen molar-refractivity contribution in [3.05, 3.63) is 45.9 Å². The van der Waals surface area contributed by atoms with Crippen molar-refractivity contribution < 1.29 is 5.11 Å². The minimum absolute atomic E-state index is 0.0654. The van der Waals surface area contributed by atoms with Crippen molar-refractivity contribution in [3.63, 3.8) is 0 Å². The number of aromatic nitrogens is 1. The molecule has 0 aromatic carbocycles. The Morgan fingerprint density at radius 2 is 2.50 bits per heavy atom. The molecule has 14 heavy (non-hydrogen) atoms. The normalized spacial score (nSPS) is 19.4. The monoisotopic (exact) mass is 191 g/mol. The standard InChI is InChI=1S/C11H13NO2/c1-2-3-7-6-12-11(14)8-4-5-9(13)10(7)8/h2,6,9,13H,1,3-5H2,(H,12,14). The summed E-state index contributed by atoms with van der Waals surface area (Å²) >= 11 is 0. The van der Waals surface area contributed by atoms with Crippen molar-refractivity contribution >= 4 is 0 Å². The van der Waals surface area contributed by atoms with Crippen molar-refractivity contribution in [2.24, 2.45) is 0 Å². The Balaban J connectivity index is 2.60. The van der Waals surface area contributed by atoms with E-state index in [0.29, 0.717) is 19.3 Å². The molecule has 3 nitrogen and oxygen atoms in total. The van der Waals surface area contributed by atoms with E-state index >= 15 is 0 Å². The van der Waals surface area contributed by atoms with E-state index in [4.69, 9.17) is 0 Å².